The highest BCUT2D eigenvalue weighted by Gasteiger charge is 2.35. The van der Waals surface area contributed by atoms with Gasteiger partial charge in [-0.05, 0) is 12.1 Å². The van der Waals surface area contributed by atoms with Gasteiger partial charge in [-0.2, -0.15) is 18.3 Å². The van der Waals surface area contributed by atoms with Crippen LogP contribution in [0.2, 0.25) is 0 Å². The lowest BCUT2D eigenvalue weighted by atomic mass is 10.1. The van der Waals surface area contributed by atoms with Gasteiger partial charge in [-0.15, -0.1) is 0 Å². The molecule has 9 heteroatoms. The van der Waals surface area contributed by atoms with Crippen molar-refractivity contribution in [1.29, 1.82) is 0 Å². The van der Waals surface area contributed by atoms with Crippen molar-refractivity contribution in [2.75, 3.05) is 20.2 Å². The van der Waals surface area contributed by atoms with Crippen LogP contribution in [0.4, 0.5) is 13.2 Å². The number of hydrogen-bond donors (Lipinski definition) is 1. The average molecular weight is 369 g/mol. The topological polar surface area (TPSA) is 67.5 Å². The smallest absolute Gasteiger partial charge is 0.432 e. The van der Waals surface area contributed by atoms with Gasteiger partial charge in [-0.3, -0.25) is 9.89 Å². The lowest BCUT2D eigenvalue weighted by molar-refractivity contribution is -0.141. The van der Waals surface area contributed by atoms with Crippen LogP contribution in [0.1, 0.15) is 29.0 Å². The van der Waals surface area contributed by atoms with Crippen molar-refractivity contribution in [2.45, 2.75) is 25.1 Å². The molecule has 1 saturated heterocycles. The summed E-state index contributed by atoms with van der Waals surface area (Å²) in [6.45, 7) is 0.764. The number of aromatic nitrogens is 2. The molecule has 26 heavy (non-hydrogen) atoms. The molecule has 1 aromatic heterocycles. The van der Waals surface area contributed by atoms with E-state index in [4.69, 9.17) is 9.47 Å². The summed E-state index contributed by atoms with van der Waals surface area (Å²) >= 11 is 0. The van der Waals surface area contributed by atoms with Gasteiger partial charge in [0.05, 0.1) is 7.11 Å². The van der Waals surface area contributed by atoms with Crippen LogP contribution in [-0.2, 0) is 6.18 Å². The average Bonchev–Trinajstić information content (AvgIpc) is 3.13. The summed E-state index contributed by atoms with van der Waals surface area (Å²) < 4.78 is 49.0. The Labute approximate surface area is 147 Å². The second-order valence-electron chi connectivity index (χ2n) is 5.92. The molecule has 2 aromatic rings. The third kappa shape index (κ3) is 3.92. The molecule has 6 nitrogen and oxygen atoms in total. The first-order chi connectivity index (χ1) is 12.4. The van der Waals surface area contributed by atoms with Crippen LogP contribution in [0.15, 0.2) is 30.3 Å². The highest BCUT2D eigenvalue weighted by atomic mass is 19.4. The Balaban J connectivity index is 1.58. The molecule has 0 aliphatic carbocycles. The predicted octanol–water partition coefficient (Wildman–Crippen LogP) is 3.12. The number of halogens is 3. The number of benzene rings is 1. The van der Waals surface area contributed by atoms with Crippen LogP contribution in [-0.4, -0.2) is 47.3 Å². The number of carbonyl (C=O) groups is 1. The number of piperidine rings is 1. The maximum Gasteiger partial charge on any atom is 0.432 e. The number of ether oxygens (including phenoxy) is 2. The summed E-state index contributed by atoms with van der Waals surface area (Å²) in [5.74, 6) is 0.733. The van der Waals surface area contributed by atoms with Gasteiger partial charge < -0.3 is 14.4 Å². The number of carbonyl (C=O) groups excluding carboxylic acids is 1. The minimum atomic E-state index is -4.55. The molecule has 0 unspecified atom stereocenters. The number of methoxy groups -OCH3 is 1. The zero-order valence-corrected chi connectivity index (χ0v) is 14.0. The molecule has 140 valence electrons. The highest BCUT2D eigenvalue weighted by Crippen LogP contribution is 2.30. The molecule has 0 saturated carbocycles. The monoisotopic (exact) mass is 369 g/mol. The van der Waals surface area contributed by atoms with E-state index in [0.29, 0.717) is 37.4 Å². The first-order valence-electron chi connectivity index (χ1n) is 8.10. The van der Waals surface area contributed by atoms with Crippen LogP contribution in [0.25, 0.3) is 0 Å². The molecule has 1 N–H and O–H groups in total. The van der Waals surface area contributed by atoms with Gasteiger partial charge in [0.1, 0.15) is 11.8 Å². The lowest BCUT2D eigenvalue weighted by Gasteiger charge is -2.32. The number of nitrogens with one attached hydrogen (secondary N) is 1. The summed E-state index contributed by atoms with van der Waals surface area (Å²) in [6, 6.07) is 8.01. The van der Waals surface area contributed by atoms with Crippen molar-refractivity contribution in [1.82, 2.24) is 15.1 Å². The Morgan fingerprint density at radius 2 is 1.88 bits per heavy atom. The van der Waals surface area contributed by atoms with Gasteiger partial charge in [0.15, 0.2) is 17.2 Å². The van der Waals surface area contributed by atoms with Crippen LogP contribution < -0.4 is 9.47 Å². The molecule has 0 bridgehead atoms. The van der Waals surface area contributed by atoms with Crippen molar-refractivity contribution in [3.63, 3.8) is 0 Å². The minimum absolute atomic E-state index is 0.0970. The summed E-state index contributed by atoms with van der Waals surface area (Å²) in [6.07, 6.45) is -3.51. The number of para-hydroxylation sites is 2. The second-order valence-corrected chi connectivity index (χ2v) is 5.92. The Hall–Kier alpha value is -2.71. The van der Waals surface area contributed by atoms with E-state index in [-0.39, 0.29) is 11.8 Å². The van der Waals surface area contributed by atoms with Gasteiger partial charge in [0, 0.05) is 32.0 Å². The number of rotatable bonds is 4. The van der Waals surface area contributed by atoms with Crippen molar-refractivity contribution >= 4 is 5.91 Å². The second kappa shape index (κ2) is 7.27. The van der Waals surface area contributed by atoms with E-state index in [9.17, 15) is 18.0 Å². The molecule has 1 aromatic carbocycles. The summed E-state index contributed by atoms with van der Waals surface area (Å²) in [5.41, 5.74) is -1.27. The normalized spacial score (nSPS) is 15.8. The van der Waals surface area contributed by atoms with E-state index in [1.54, 1.807) is 19.2 Å². The standard InChI is InChI=1S/C17H18F3N3O3/c1-25-13-4-2-3-5-14(13)26-11-6-8-23(9-7-11)16(24)12-10-15(22-21-12)17(18,19)20/h2-5,10-11H,6-9H2,1H3,(H,21,22). The maximum atomic E-state index is 12.6. The quantitative estimate of drug-likeness (QED) is 0.899. The third-order valence-corrected chi connectivity index (χ3v) is 4.19. The summed E-state index contributed by atoms with van der Waals surface area (Å²) in [7, 11) is 1.56. The van der Waals surface area contributed by atoms with Crippen molar-refractivity contribution < 1.29 is 27.4 Å². The molecule has 1 fully saturated rings. The van der Waals surface area contributed by atoms with Crippen LogP contribution in [0.3, 0.4) is 0 Å². The van der Waals surface area contributed by atoms with Gasteiger partial charge in [-0.1, -0.05) is 12.1 Å². The number of nitrogens with zero attached hydrogens (tertiary/aromatic N) is 2. The minimum Gasteiger partial charge on any atom is -0.493 e. The molecule has 0 atom stereocenters. The molecule has 2 heterocycles. The van der Waals surface area contributed by atoms with Crippen LogP contribution >= 0.6 is 0 Å². The first-order valence-corrected chi connectivity index (χ1v) is 8.10. The zero-order chi connectivity index (χ0) is 18.7. The first kappa shape index (κ1) is 18.1. The van der Waals surface area contributed by atoms with Gasteiger partial charge in [0.25, 0.3) is 5.91 Å². The SMILES string of the molecule is COc1ccccc1OC1CCN(C(=O)c2cc(C(F)(F)F)[nH]n2)CC1. The number of hydrogen-bond acceptors (Lipinski definition) is 4. The molecule has 1 aliphatic heterocycles. The van der Waals surface area contributed by atoms with Gasteiger partial charge in [0.2, 0.25) is 0 Å². The fourth-order valence-corrected chi connectivity index (χ4v) is 2.81. The van der Waals surface area contributed by atoms with E-state index in [1.807, 2.05) is 17.2 Å². The largest absolute Gasteiger partial charge is 0.493 e. The number of alkyl halides is 3. The Kier molecular flexibility index (Phi) is 5.06. The molecule has 0 spiro atoms. The van der Waals surface area contributed by atoms with Crippen LogP contribution in [0, 0.1) is 0 Å². The number of H-pyrrole nitrogens is 1. The van der Waals surface area contributed by atoms with E-state index >= 15 is 0 Å². The third-order valence-electron chi connectivity index (χ3n) is 4.19. The van der Waals surface area contributed by atoms with Crippen molar-refractivity contribution in [2.24, 2.45) is 0 Å². The molecule has 0 radical (unpaired) electrons. The number of amides is 1. The number of aromatic amines is 1. The van der Waals surface area contributed by atoms with E-state index in [2.05, 4.69) is 5.10 Å². The fourth-order valence-electron chi connectivity index (χ4n) is 2.81. The lowest BCUT2D eigenvalue weighted by Crippen LogP contribution is -2.42. The summed E-state index contributed by atoms with van der Waals surface area (Å²) in [5, 5.41) is 5.34. The van der Waals surface area contributed by atoms with E-state index in [1.165, 1.54) is 4.90 Å². The maximum absolute atomic E-state index is 12.6. The molecule has 3 rings (SSSR count). The van der Waals surface area contributed by atoms with Gasteiger partial charge in [-0.25, -0.2) is 0 Å². The predicted molar refractivity (Wildman–Crippen MR) is 86.1 cm³/mol. The number of likely N-dealkylation sites (tertiary alicyclic amines) is 1. The van der Waals surface area contributed by atoms with Crippen molar-refractivity contribution in [3.05, 3.63) is 41.7 Å². The Morgan fingerprint density at radius 3 is 2.46 bits per heavy atom. The highest BCUT2D eigenvalue weighted by molar-refractivity contribution is 5.92. The van der Waals surface area contributed by atoms with Crippen LogP contribution in [0.5, 0.6) is 11.5 Å². The van der Waals surface area contributed by atoms with Gasteiger partial charge >= 0.3 is 6.18 Å². The molecular weight excluding hydrogens is 351 g/mol. The molecular formula is C17H18F3N3O3. The zero-order valence-electron chi connectivity index (χ0n) is 14.0. The summed E-state index contributed by atoms with van der Waals surface area (Å²) in [4.78, 5) is 13.8. The Bertz CT molecular complexity index is 768. The molecule has 1 aliphatic rings. The van der Waals surface area contributed by atoms with Crippen molar-refractivity contribution in [3.8, 4) is 11.5 Å². The molecule has 1 amide bonds. The van der Waals surface area contributed by atoms with E-state index < -0.39 is 17.8 Å². The Morgan fingerprint density at radius 1 is 1.23 bits per heavy atom. The van der Waals surface area contributed by atoms with E-state index in [0.717, 1.165) is 6.07 Å². The fraction of sp³-hybridized carbons (Fsp3) is 0.412.